The molecule has 0 aliphatic carbocycles. The molecule has 0 fully saturated rings. The molecule has 2 aromatic heterocycles. The van der Waals surface area contributed by atoms with Gasteiger partial charge in [-0.25, -0.2) is 9.37 Å². The molecule has 0 unspecified atom stereocenters. The third-order valence-electron chi connectivity index (χ3n) is 4.49. The first-order chi connectivity index (χ1) is 13.6. The second kappa shape index (κ2) is 7.82. The van der Waals surface area contributed by atoms with E-state index in [0.29, 0.717) is 5.69 Å². The average molecular weight is 393 g/mol. The van der Waals surface area contributed by atoms with E-state index in [-0.39, 0.29) is 11.1 Å². The van der Waals surface area contributed by atoms with Crippen LogP contribution in [0.1, 0.15) is 18.5 Å². The highest BCUT2D eigenvalue weighted by Gasteiger charge is 2.09. The standard InChI is InChI=1S/C22H18ClFN4/c1-14(15-5-3-2-4-6-15)27-22-12-17-20(9-10-25-21(17)13-26-22)28-16-7-8-19(24)18(23)11-16/h2-14H,1H3,(H,25,28)(H,26,27)/t14-/m0/s1. The second-order valence-electron chi connectivity index (χ2n) is 6.48. The van der Waals surface area contributed by atoms with Crippen molar-refractivity contribution < 1.29 is 4.39 Å². The Labute approximate surface area is 167 Å². The van der Waals surface area contributed by atoms with Gasteiger partial charge < -0.3 is 10.6 Å². The van der Waals surface area contributed by atoms with Gasteiger partial charge in [-0.15, -0.1) is 0 Å². The molecule has 0 spiro atoms. The molecule has 4 aromatic rings. The predicted molar refractivity (Wildman–Crippen MR) is 113 cm³/mol. The molecule has 0 bridgehead atoms. The summed E-state index contributed by atoms with van der Waals surface area (Å²) in [7, 11) is 0. The Kier molecular flexibility index (Phi) is 5.08. The number of benzene rings is 2. The van der Waals surface area contributed by atoms with Gasteiger partial charge in [-0.2, -0.15) is 0 Å². The summed E-state index contributed by atoms with van der Waals surface area (Å²) in [5.41, 5.74) is 3.47. The predicted octanol–water partition coefficient (Wildman–Crippen LogP) is 6.34. The van der Waals surface area contributed by atoms with E-state index >= 15 is 0 Å². The van der Waals surface area contributed by atoms with Gasteiger partial charge in [0.05, 0.1) is 16.7 Å². The molecule has 2 aromatic carbocycles. The number of hydrogen-bond acceptors (Lipinski definition) is 4. The van der Waals surface area contributed by atoms with E-state index < -0.39 is 5.82 Å². The highest BCUT2D eigenvalue weighted by molar-refractivity contribution is 6.31. The van der Waals surface area contributed by atoms with Gasteiger partial charge >= 0.3 is 0 Å². The quantitative estimate of drug-likeness (QED) is 0.416. The minimum atomic E-state index is -0.447. The van der Waals surface area contributed by atoms with Crippen LogP contribution in [0, 0.1) is 5.82 Å². The summed E-state index contributed by atoms with van der Waals surface area (Å²) in [6.07, 6.45) is 3.44. The minimum absolute atomic E-state index is 0.0732. The highest BCUT2D eigenvalue weighted by atomic mass is 35.5. The fraction of sp³-hybridized carbons (Fsp3) is 0.0909. The van der Waals surface area contributed by atoms with Gasteiger partial charge in [0, 0.05) is 29.0 Å². The van der Waals surface area contributed by atoms with Crippen LogP contribution in [-0.4, -0.2) is 9.97 Å². The molecule has 0 aliphatic rings. The molecule has 4 nitrogen and oxygen atoms in total. The smallest absolute Gasteiger partial charge is 0.141 e. The van der Waals surface area contributed by atoms with Crippen molar-refractivity contribution in [3.05, 3.63) is 89.5 Å². The van der Waals surface area contributed by atoms with Gasteiger partial charge in [-0.05, 0) is 42.8 Å². The molecule has 4 rings (SSSR count). The van der Waals surface area contributed by atoms with E-state index in [1.807, 2.05) is 30.3 Å². The number of fused-ring (bicyclic) bond motifs is 1. The maximum atomic E-state index is 13.4. The van der Waals surface area contributed by atoms with Crippen LogP contribution >= 0.6 is 11.6 Å². The van der Waals surface area contributed by atoms with Crippen LogP contribution in [0.15, 0.2) is 73.1 Å². The van der Waals surface area contributed by atoms with Crippen LogP contribution in [0.2, 0.25) is 5.02 Å². The van der Waals surface area contributed by atoms with E-state index in [0.717, 1.165) is 22.4 Å². The first-order valence-electron chi connectivity index (χ1n) is 8.88. The first-order valence-corrected chi connectivity index (χ1v) is 9.26. The Bertz CT molecular complexity index is 1120. The van der Waals surface area contributed by atoms with Crippen molar-refractivity contribution in [2.45, 2.75) is 13.0 Å². The zero-order chi connectivity index (χ0) is 19.5. The molecule has 0 aliphatic heterocycles. The molecule has 140 valence electrons. The maximum Gasteiger partial charge on any atom is 0.141 e. The van der Waals surface area contributed by atoms with Crippen molar-refractivity contribution in [2.75, 3.05) is 10.6 Å². The van der Waals surface area contributed by atoms with E-state index in [1.165, 1.54) is 11.6 Å². The normalized spacial score (nSPS) is 12.0. The molecular formula is C22H18ClFN4. The lowest BCUT2D eigenvalue weighted by Crippen LogP contribution is -2.07. The van der Waals surface area contributed by atoms with Gasteiger partial charge in [0.2, 0.25) is 0 Å². The van der Waals surface area contributed by atoms with Crippen molar-refractivity contribution in [3.63, 3.8) is 0 Å². The molecule has 0 saturated heterocycles. The number of pyridine rings is 2. The van der Waals surface area contributed by atoms with Crippen LogP contribution in [0.25, 0.3) is 10.9 Å². The Balaban J connectivity index is 1.64. The van der Waals surface area contributed by atoms with Gasteiger partial charge in [0.25, 0.3) is 0 Å². The number of anilines is 3. The molecule has 2 N–H and O–H groups in total. The molecule has 0 radical (unpaired) electrons. The number of rotatable bonds is 5. The molecule has 6 heteroatoms. The van der Waals surface area contributed by atoms with Crippen molar-refractivity contribution in [3.8, 4) is 0 Å². The van der Waals surface area contributed by atoms with Gasteiger partial charge in [0.15, 0.2) is 0 Å². The molecular weight excluding hydrogens is 375 g/mol. The minimum Gasteiger partial charge on any atom is -0.364 e. The number of nitrogens with zero attached hydrogens (tertiary/aromatic N) is 2. The third-order valence-corrected chi connectivity index (χ3v) is 4.78. The molecule has 1 atom stereocenters. The van der Waals surface area contributed by atoms with Gasteiger partial charge in [-0.1, -0.05) is 41.9 Å². The van der Waals surface area contributed by atoms with E-state index in [1.54, 1.807) is 24.5 Å². The Morgan fingerprint density at radius 1 is 1.00 bits per heavy atom. The fourth-order valence-electron chi connectivity index (χ4n) is 3.01. The van der Waals surface area contributed by atoms with Crippen LogP contribution in [0.5, 0.6) is 0 Å². The zero-order valence-electron chi connectivity index (χ0n) is 15.2. The topological polar surface area (TPSA) is 49.8 Å². The van der Waals surface area contributed by atoms with Crippen molar-refractivity contribution in [1.29, 1.82) is 0 Å². The highest BCUT2D eigenvalue weighted by Crippen LogP contribution is 2.29. The monoisotopic (exact) mass is 392 g/mol. The Morgan fingerprint density at radius 2 is 1.82 bits per heavy atom. The lowest BCUT2D eigenvalue weighted by molar-refractivity contribution is 0.628. The SMILES string of the molecule is C[C@H](Nc1cc2c(Nc3ccc(F)c(Cl)c3)ccnc2cn1)c1ccccc1. The summed E-state index contributed by atoms with van der Waals surface area (Å²) in [5, 5.41) is 7.68. The van der Waals surface area contributed by atoms with Crippen molar-refractivity contribution in [2.24, 2.45) is 0 Å². The molecule has 2 heterocycles. The van der Waals surface area contributed by atoms with Gasteiger partial charge in [0.1, 0.15) is 11.6 Å². The third kappa shape index (κ3) is 3.89. The Morgan fingerprint density at radius 3 is 2.61 bits per heavy atom. The summed E-state index contributed by atoms with van der Waals surface area (Å²) < 4.78 is 13.4. The van der Waals surface area contributed by atoms with Gasteiger partial charge in [-0.3, -0.25) is 4.98 Å². The molecule has 0 amide bonds. The number of nitrogens with one attached hydrogen (secondary N) is 2. The zero-order valence-corrected chi connectivity index (χ0v) is 15.9. The summed E-state index contributed by atoms with van der Waals surface area (Å²) in [4.78, 5) is 8.85. The maximum absolute atomic E-state index is 13.4. The molecule has 28 heavy (non-hydrogen) atoms. The first kappa shape index (κ1) is 18.2. The number of hydrogen-bond donors (Lipinski definition) is 2. The summed E-state index contributed by atoms with van der Waals surface area (Å²) in [6.45, 7) is 2.09. The summed E-state index contributed by atoms with van der Waals surface area (Å²) in [6, 6.07) is 18.6. The average Bonchev–Trinajstić information content (AvgIpc) is 2.72. The van der Waals surface area contributed by atoms with Crippen molar-refractivity contribution in [1.82, 2.24) is 9.97 Å². The fourth-order valence-corrected chi connectivity index (χ4v) is 3.19. The van der Waals surface area contributed by atoms with Crippen LogP contribution in [0.4, 0.5) is 21.6 Å². The van der Waals surface area contributed by atoms with Crippen molar-refractivity contribution >= 4 is 39.7 Å². The Hall–Kier alpha value is -3.18. The largest absolute Gasteiger partial charge is 0.364 e. The summed E-state index contributed by atoms with van der Waals surface area (Å²) >= 11 is 5.89. The van der Waals surface area contributed by atoms with Crippen LogP contribution in [0.3, 0.4) is 0 Å². The van der Waals surface area contributed by atoms with Crippen LogP contribution < -0.4 is 10.6 Å². The number of aromatic nitrogens is 2. The van der Waals surface area contributed by atoms with E-state index in [9.17, 15) is 4.39 Å². The lowest BCUT2D eigenvalue weighted by Gasteiger charge is -2.16. The summed E-state index contributed by atoms with van der Waals surface area (Å²) in [5.74, 6) is 0.300. The van der Waals surface area contributed by atoms with E-state index in [2.05, 4.69) is 39.7 Å². The van der Waals surface area contributed by atoms with Crippen LogP contribution in [-0.2, 0) is 0 Å². The van der Waals surface area contributed by atoms with E-state index in [4.69, 9.17) is 11.6 Å². The lowest BCUT2D eigenvalue weighted by atomic mass is 10.1. The number of halogens is 2. The molecule has 0 saturated carbocycles. The second-order valence-corrected chi connectivity index (χ2v) is 6.88.